The third kappa shape index (κ3) is 3.95. The molecule has 2 unspecified atom stereocenters. The molecule has 110 valence electrons. The Morgan fingerprint density at radius 2 is 1.68 bits per heavy atom. The molecule has 2 N–H and O–H groups in total. The van der Waals surface area contributed by atoms with Crippen molar-refractivity contribution in [3.8, 4) is 0 Å². The Hall–Kier alpha value is -0.0800. The fourth-order valence-electron chi connectivity index (χ4n) is 4.17. The molecular weight excluding hydrogens is 232 g/mol. The van der Waals surface area contributed by atoms with Crippen LogP contribution >= 0.6 is 0 Å². The minimum Gasteiger partial charge on any atom is -0.330 e. The van der Waals surface area contributed by atoms with E-state index in [1.165, 1.54) is 71.0 Å². The van der Waals surface area contributed by atoms with Gasteiger partial charge in [-0.3, -0.25) is 0 Å². The van der Waals surface area contributed by atoms with Crippen molar-refractivity contribution in [1.29, 1.82) is 0 Å². The lowest BCUT2D eigenvalue weighted by molar-refractivity contribution is 0.0830. The Labute approximate surface area is 119 Å². The summed E-state index contributed by atoms with van der Waals surface area (Å²) >= 11 is 0. The molecule has 0 saturated heterocycles. The first-order valence-corrected chi connectivity index (χ1v) is 8.61. The fraction of sp³-hybridized carbons (Fsp3) is 1.00. The molecule has 0 aromatic carbocycles. The molecule has 3 aliphatic carbocycles. The summed E-state index contributed by atoms with van der Waals surface area (Å²) in [6.45, 7) is 7.36. The number of hydrogen-bond acceptors (Lipinski definition) is 2. The zero-order valence-electron chi connectivity index (χ0n) is 12.7. The van der Waals surface area contributed by atoms with Crippen LogP contribution in [-0.2, 0) is 0 Å². The average Bonchev–Trinajstić information content (AvgIpc) is 3.25. The second kappa shape index (κ2) is 5.73. The summed E-state index contributed by atoms with van der Waals surface area (Å²) in [5.41, 5.74) is 6.66. The van der Waals surface area contributed by atoms with Crippen molar-refractivity contribution in [2.24, 2.45) is 28.9 Å². The highest BCUT2D eigenvalue weighted by Crippen LogP contribution is 2.41. The van der Waals surface area contributed by atoms with Crippen LogP contribution in [0.15, 0.2) is 0 Å². The lowest BCUT2D eigenvalue weighted by Gasteiger charge is -2.43. The van der Waals surface area contributed by atoms with E-state index in [0.717, 1.165) is 24.3 Å². The Morgan fingerprint density at radius 1 is 1.05 bits per heavy atom. The van der Waals surface area contributed by atoms with Gasteiger partial charge in [0.05, 0.1) is 0 Å². The molecule has 2 nitrogen and oxygen atoms in total. The van der Waals surface area contributed by atoms with Gasteiger partial charge in [-0.15, -0.1) is 0 Å². The molecule has 0 heterocycles. The largest absolute Gasteiger partial charge is 0.330 e. The molecule has 0 spiro atoms. The van der Waals surface area contributed by atoms with Gasteiger partial charge in [0.1, 0.15) is 0 Å². The van der Waals surface area contributed by atoms with Gasteiger partial charge in [0.15, 0.2) is 0 Å². The molecule has 0 aromatic rings. The number of hydrogen-bond donors (Lipinski definition) is 1. The van der Waals surface area contributed by atoms with Crippen molar-refractivity contribution < 1.29 is 0 Å². The summed E-state index contributed by atoms with van der Waals surface area (Å²) in [5, 5.41) is 0. The summed E-state index contributed by atoms with van der Waals surface area (Å²) in [6, 6.07) is 0. The first-order chi connectivity index (χ1) is 9.19. The van der Waals surface area contributed by atoms with Crippen molar-refractivity contribution in [2.75, 3.05) is 26.2 Å². The van der Waals surface area contributed by atoms with Crippen LogP contribution in [-0.4, -0.2) is 31.1 Å². The van der Waals surface area contributed by atoms with E-state index in [0.29, 0.717) is 5.41 Å². The fourth-order valence-corrected chi connectivity index (χ4v) is 4.17. The lowest BCUT2D eigenvalue weighted by atomic mass is 9.69. The van der Waals surface area contributed by atoms with Gasteiger partial charge in [-0.05, 0) is 68.2 Å². The SMILES string of the molecule is CC1CCCC(CN)(CN(CC2CC2)CC2CC2)C1. The predicted octanol–water partition coefficient (Wildman–Crippen LogP) is 3.26. The van der Waals surface area contributed by atoms with Crippen molar-refractivity contribution in [3.63, 3.8) is 0 Å². The summed E-state index contributed by atoms with van der Waals surface area (Å²) in [7, 11) is 0. The van der Waals surface area contributed by atoms with E-state index < -0.39 is 0 Å². The minimum absolute atomic E-state index is 0.446. The van der Waals surface area contributed by atoms with Crippen molar-refractivity contribution in [1.82, 2.24) is 4.90 Å². The Bertz CT molecular complexity index is 282. The van der Waals surface area contributed by atoms with Gasteiger partial charge in [0, 0.05) is 19.6 Å². The number of rotatable bonds is 7. The Kier molecular flexibility index (Phi) is 4.19. The molecular formula is C17H32N2. The van der Waals surface area contributed by atoms with Crippen LogP contribution in [0.3, 0.4) is 0 Å². The Balaban J connectivity index is 1.59. The molecule has 0 bridgehead atoms. The summed E-state index contributed by atoms with van der Waals surface area (Å²) < 4.78 is 0. The van der Waals surface area contributed by atoms with Crippen LogP contribution in [0.2, 0.25) is 0 Å². The summed E-state index contributed by atoms with van der Waals surface area (Å²) in [4.78, 5) is 2.81. The second-order valence-electron chi connectivity index (χ2n) is 7.99. The van der Waals surface area contributed by atoms with Gasteiger partial charge in [0.2, 0.25) is 0 Å². The zero-order chi connectivity index (χ0) is 13.3. The second-order valence-corrected chi connectivity index (χ2v) is 7.99. The van der Waals surface area contributed by atoms with Gasteiger partial charge in [0.25, 0.3) is 0 Å². The van der Waals surface area contributed by atoms with Crippen molar-refractivity contribution in [2.45, 2.75) is 58.3 Å². The third-order valence-electron chi connectivity index (χ3n) is 5.60. The minimum atomic E-state index is 0.446. The molecule has 0 radical (unpaired) electrons. The highest BCUT2D eigenvalue weighted by Gasteiger charge is 2.38. The molecule has 2 heteroatoms. The van der Waals surface area contributed by atoms with E-state index in [1.54, 1.807) is 0 Å². The van der Waals surface area contributed by atoms with Crippen molar-refractivity contribution >= 4 is 0 Å². The first-order valence-electron chi connectivity index (χ1n) is 8.61. The topological polar surface area (TPSA) is 29.3 Å². The van der Waals surface area contributed by atoms with Gasteiger partial charge >= 0.3 is 0 Å². The maximum Gasteiger partial charge on any atom is 0.00504 e. The maximum absolute atomic E-state index is 6.21. The van der Waals surface area contributed by atoms with Crippen LogP contribution in [0.5, 0.6) is 0 Å². The van der Waals surface area contributed by atoms with E-state index >= 15 is 0 Å². The lowest BCUT2D eigenvalue weighted by Crippen LogP contribution is -2.46. The Morgan fingerprint density at radius 3 is 2.16 bits per heavy atom. The normalized spacial score (nSPS) is 35.8. The maximum atomic E-state index is 6.21. The van der Waals surface area contributed by atoms with E-state index in [1.807, 2.05) is 0 Å². The molecule has 0 aliphatic heterocycles. The predicted molar refractivity (Wildman–Crippen MR) is 81.0 cm³/mol. The highest BCUT2D eigenvalue weighted by atomic mass is 15.1. The molecule has 3 aliphatic rings. The van der Waals surface area contributed by atoms with Crippen LogP contribution in [0, 0.1) is 23.2 Å². The number of nitrogens with zero attached hydrogens (tertiary/aromatic N) is 1. The molecule has 2 atom stereocenters. The number of nitrogens with two attached hydrogens (primary N) is 1. The van der Waals surface area contributed by atoms with E-state index in [2.05, 4.69) is 11.8 Å². The first kappa shape index (κ1) is 13.9. The van der Waals surface area contributed by atoms with E-state index in [4.69, 9.17) is 5.73 Å². The molecule has 3 rings (SSSR count). The van der Waals surface area contributed by atoms with Gasteiger partial charge in [-0.1, -0.05) is 19.8 Å². The zero-order valence-corrected chi connectivity index (χ0v) is 12.7. The summed E-state index contributed by atoms with van der Waals surface area (Å²) in [5.74, 6) is 2.94. The van der Waals surface area contributed by atoms with E-state index in [9.17, 15) is 0 Å². The quantitative estimate of drug-likeness (QED) is 0.765. The average molecular weight is 264 g/mol. The molecule has 3 saturated carbocycles. The van der Waals surface area contributed by atoms with Crippen molar-refractivity contribution in [3.05, 3.63) is 0 Å². The summed E-state index contributed by atoms with van der Waals surface area (Å²) in [6.07, 6.45) is 11.5. The van der Waals surface area contributed by atoms with Crippen LogP contribution in [0.1, 0.15) is 58.3 Å². The molecule has 19 heavy (non-hydrogen) atoms. The van der Waals surface area contributed by atoms with Crippen LogP contribution in [0.25, 0.3) is 0 Å². The van der Waals surface area contributed by atoms with Gasteiger partial charge in [-0.25, -0.2) is 0 Å². The van der Waals surface area contributed by atoms with Gasteiger partial charge in [-0.2, -0.15) is 0 Å². The molecule has 3 fully saturated rings. The highest BCUT2D eigenvalue weighted by molar-refractivity contribution is 4.91. The molecule has 0 amide bonds. The monoisotopic (exact) mass is 264 g/mol. The van der Waals surface area contributed by atoms with Crippen LogP contribution in [0.4, 0.5) is 0 Å². The smallest absolute Gasteiger partial charge is 0.00504 e. The van der Waals surface area contributed by atoms with Crippen LogP contribution < -0.4 is 5.73 Å². The standard InChI is InChI=1S/C17H32N2/c1-14-3-2-8-17(9-14,12-18)13-19(10-15-4-5-15)11-16-6-7-16/h14-16H,2-13,18H2,1H3. The van der Waals surface area contributed by atoms with E-state index in [-0.39, 0.29) is 0 Å². The molecule has 0 aromatic heterocycles. The van der Waals surface area contributed by atoms with Gasteiger partial charge < -0.3 is 10.6 Å². The third-order valence-corrected chi connectivity index (χ3v) is 5.60.